The maximum Gasteiger partial charge on any atom is 0.261 e. The van der Waals surface area contributed by atoms with Crippen LogP contribution in [0.2, 0.25) is 0 Å². The predicted molar refractivity (Wildman–Crippen MR) is 52.9 cm³/mol. The summed E-state index contributed by atoms with van der Waals surface area (Å²) in [7, 11) is 2.88. The van der Waals surface area contributed by atoms with Gasteiger partial charge in [-0.05, 0) is 24.3 Å². The zero-order valence-corrected chi connectivity index (χ0v) is 8.89. The summed E-state index contributed by atoms with van der Waals surface area (Å²) in [5.41, 5.74) is 0.386. The lowest BCUT2D eigenvalue weighted by atomic mass is 10.2. The van der Waals surface area contributed by atoms with Crippen molar-refractivity contribution in [3.8, 4) is 0 Å². The fraction of sp³-hybridized carbons (Fsp3) is 0.125. The van der Waals surface area contributed by atoms with Crippen LogP contribution in [0.15, 0.2) is 29.2 Å². The lowest BCUT2D eigenvalue weighted by Crippen LogP contribution is -2.17. The van der Waals surface area contributed by atoms with E-state index in [0.717, 1.165) is 0 Å². The molecule has 0 spiro atoms. The summed E-state index contributed by atoms with van der Waals surface area (Å²) in [6, 6.07) is 5.36. The monoisotopic (exact) mass is 233 g/mol. The van der Waals surface area contributed by atoms with Gasteiger partial charge in [0.1, 0.15) is 0 Å². The molecule has 0 aliphatic heterocycles. The van der Waals surface area contributed by atoms with Gasteiger partial charge in [0.05, 0.1) is 4.90 Å². The molecule has 1 aromatic rings. The molecule has 76 valence electrons. The number of halogens is 1. The molecule has 0 atom stereocenters. The van der Waals surface area contributed by atoms with Crippen molar-refractivity contribution >= 4 is 25.6 Å². The van der Waals surface area contributed by atoms with Gasteiger partial charge in [-0.3, -0.25) is 4.79 Å². The zero-order valence-electron chi connectivity index (χ0n) is 7.32. The Kier molecular flexibility index (Phi) is 3.13. The number of hydrogen-bond acceptors (Lipinski definition) is 3. The van der Waals surface area contributed by atoms with E-state index in [4.69, 9.17) is 10.7 Å². The first kappa shape index (κ1) is 11.0. The van der Waals surface area contributed by atoms with Crippen molar-refractivity contribution < 1.29 is 13.2 Å². The van der Waals surface area contributed by atoms with E-state index < -0.39 is 9.05 Å². The SMILES string of the molecule is CNC(=O)c1ccc(S(=O)(=O)Cl)cc1. The molecule has 0 aliphatic rings. The summed E-state index contributed by atoms with van der Waals surface area (Å²) in [6.45, 7) is 0. The van der Waals surface area contributed by atoms with Crippen molar-refractivity contribution in [1.29, 1.82) is 0 Å². The zero-order chi connectivity index (χ0) is 10.8. The highest BCUT2D eigenvalue weighted by molar-refractivity contribution is 8.13. The third-order valence-corrected chi connectivity index (χ3v) is 2.99. The smallest absolute Gasteiger partial charge is 0.261 e. The third kappa shape index (κ3) is 2.46. The molecule has 0 saturated carbocycles. The van der Waals surface area contributed by atoms with Crippen molar-refractivity contribution in [2.24, 2.45) is 0 Å². The maximum atomic E-state index is 11.1. The van der Waals surface area contributed by atoms with E-state index in [2.05, 4.69) is 5.32 Å². The molecule has 0 aromatic heterocycles. The minimum atomic E-state index is -3.71. The van der Waals surface area contributed by atoms with Gasteiger partial charge in [-0.2, -0.15) is 0 Å². The third-order valence-electron chi connectivity index (χ3n) is 1.63. The Labute approximate surface area is 86.3 Å². The Hall–Kier alpha value is -1.07. The van der Waals surface area contributed by atoms with Crippen LogP contribution in [0.25, 0.3) is 0 Å². The van der Waals surface area contributed by atoms with E-state index in [0.29, 0.717) is 5.56 Å². The van der Waals surface area contributed by atoms with Crippen LogP contribution in [-0.4, -0.2) is 21.4 Å². The van der Waals surface area contributed by atoms with Crippen LogP contribution >= 0.6 is 10.7 Å². The highest BCUT2D eigenvalue weighted by Crippen LogP contribution is 2.14. The second-order valence-corrected chi connectivity index (χ2v) is 5.11. The average molecular weight is 234 g/mol. The highest BCUT2D eigenvalue weighted by Gasteiger charge is 2.10. The topological polar surface area (TPSA) is 63.2 Å². The summed E-state index contributed by atoms with van der Waals surface area (Å²) in [5.74, 6) is -0.275. The molecule has 6 heteroatoms. The summed E-state index contributed by atoms with van der Waals surface area (Å²) in [5, 5.41) is 2.42. The van der Waals surface area contributed by atoms with Crippen LogP contribution in [0.4, 0.5) is 0 Å². The Balaban J connectivity index is 3.07. The molecule has 0 bridgehead atoms. The Bertz CT molecular complexity index is 438. The van der Waals surface area contributed by atoms with Crippen LogP contribution in [0.1, 0.15) is 10.4 Å². The van der Waals surface area contributed by atoms with Crippen LogP contribution in [0, 0.1) is 0 Å². The van der Waals surface area contributed by atoms with Gasteiger partial charge in [-0.1, -0.05) is 0 Å². The van der Waals surface area contributed by atoms with E-state index in [9.17, 15) is 13.2 Å². The van der Waals surface area contributed by atoms with Crippen molar-refractivity contribution in [2.45, 2.75) is 4.90 Å². The molecule has 1 aromatic carbocycles. The number of rotatable bonds is 2. The summed E-state index contributed by atoms with van der Waals surface area (Å²) in [4.78, 5) is 11.1. The van der Waals surface area contributed by atoms with Gasteiger partial charge in [-0.15, -0.1) is 0 Å². The molecular weight excluding hydrogens is 226 g/mol. The van der Waals surface area contributed by atoms with Crippen molar-refractivity contribution in [3.63, 3.8) is 0 Å². The minimum absolute atomic E-state index is 0.0215. The molecule has 0 unspecified atom stereocenters. The fourth-order valence-corrected chi connectivity index (χ4v) is 1.68. The molecule has 14 heavy (non-hydrogen) atoms. The second-order valence-electron chi connectivity index (χ2n) is 2.54. The second kappa shape index (κ2) is 3.98. The van der Waals surface area contributed by atoms with Gasteiger partial charge in [0.15, 0.2) is 0 Å². The normalized spacial score (nSPS) is 11.0. The molecule has 0 heterocycles. The maximum absolute atomic E-state index is 11.1. The number of carbonyl (C=O) groups excluding carboxylic acids is 1. The van der Waals surface area contributed by atoms with Gasteiger partial charge >= 0.3 is 0 Å². The number of benzene rings is 1. The summed E-state index contributed by atoms with van der Waals surface area (Å²) >= 11 is 0. The predicted octanol–water partition coefficient (Wildman–Crippen LogP) is 0.974. The van der Waals surface area contributed by atoms with Crippen LogP contribution in [0.5, 0.6) is 0 Å². The van der Waals surface area contributed by atoms with Gasteiger partial charge in [0, 0.05) is 23.3 Å². The van der Waals surface area contributed by atoms with E-state index >= 15 is 0 Å². The van der Waals surface area contributed by atoms with Crippen LogP contribution in [-0.2, 0) is 9.05 Å². The van der Waals surface area contributed by atoms with Crippen LogP contribution < -0.4 is 5.32 Å². The van der Waals surface area contributed by atoms with Crippen molar-refractivity contribution in [1.82, 2.24) is 5.32 Å². The molecule has 0 aliphatic carbocycles. The minimum Gasteiger partial charge on any atom is -0.355 e. The van der Waals surface area contributed by atoms with E-state index in [1.54, 1.807) is 0 Å². The first-order valence-electron chi connectivity index (χ1n) is 3.72. The number of hydrogen-bond donors (Lipinski definition) is 1. The van der Waals surface area contributed by atoms with Crippen molar-refractivity contribution in [3.05, 3.63) is 29.8 Å². The Morgan fingerprint density at radius 2 is 1.79 bits per heavy atom. The molecule has 0 radical (unpaired) electrons. The van der Waals surface area contributed by atoms with Gasteiger partial charge in [-0.25, -0.2) is 8.42 Å². The van der Waals surface area contributed by atoms with Crippen molar-refractivity contribution in [2.75, 3.05) is 7.05 Å². The number of amides is 1. The number of nitrogens with one attached hydrogen (secondary N) is 1. The van der Waals surface area contributed by atoms with Gasteiger partial charge in [0.2, 0.25) is 0 Å². The molecule has 1 N–H and O–H groups in total. The largest absolute Gasteiger partial charge is 0.355 e. The quantitative estimate of drug-likeness (QED) is 0.775. The Morgan fingerprint density at radius 3 is 2.14 bits per heavy atom. The van der Waals surface area contributed by atoms with E-state index in [1.165, 1.54) is 31.3 Å². The molecule has 0 saturated heterocycles. The van der Waals surface area contributed by atoms with Crippen LogP contribution in [0.3, 0.4) is 0 Å². The highest BCUT2D eigenvalue weighted by atomic mass is 35.7. The number of carbonyl (C=O) groups is 1. The standard InChI is InChI=1S/C8H8ClNO3S/c1-10-8(11)6-2-4-7(5-3-6)14(9,12)13/h2-5H,1H3,(H,10,11). The molecular formula is C8H8ClNO3S. The Morgan fingerprint density at radius 1 is 1.29 bits per heavy atom. The van der Waals surface area contributed by atoms with Gasteiger partial charge in [0.25, 0.3) is 15.0 Å². The summed E-state index contributed by atoms with van der Waals surface area (Å²) in [6.07, 6.45) is 0. The lowest BCUT2D eigenvalue weighted by Gasteiger charge is -2.00. The molecule has 0 fully saturated rings. The first-order valence-corrected chi connectivity index (χ1v) is 6.03. The fourth-order valence-electron chi connectivity index (χ4n) is 0.913. The summed E-state index contributed by atoms with van der Waals surface area (Å²) < 4.78 is 21.7. The van der Waals surface area contributed by atoms with Gasteiger partial charge < -0.3 is 5.32 Å². The molecule has 1 amide bonds. The lowest BCUT2D eigenvalue weighted by molar-refractivity contribution is 0.0963. The molecule has 1 rings (SSSR count). The molecule has 4 nitrogen and oxygen atoms in total. The van der Waals surface area contributed by atoms with E-state index in [1.807, 2.05) is 0 Å². The first-order chi connectivity index (χ1) is 6.45. The van der Waals surface area contributed by atoms with E-state index in [-0.39, 0.29) is 10.8 Å². The average Bonchev–Trinajstić information content (AvgIpc) is 2.15.